The van der Waals surface area contributed by atoms with Crippen molar-refractivity contribution in [3.8, 4) is 0 Å². The van der Waals surface area contributed by atoms with Gasteiger partial charge in [-0.15, -0.1) is 0 Å². The van der Waals surface area contributed by atoms with Gasteiger partial charge in [0.1, 0.15) is 6.10 Å². The molecular weight excluding hydrogens is 273 g/mol. The molecule has 0 aliphatic heterocycles. The molecule has 2 atom stereocenters. The summed E-state index contributed by atoms with van der Waals surface area (Å²) >= 11 is -2.52. The molecule has 1 aromatic rings. The van der Waals surface area contributed by atoms with Crippen LogP contribution in [0.2, 0.25) is 0 Å². The molecule has 0 spiro atoms. The zero-order valence-corrected chi connectivity index (χ0v) is 10.1. The molecule has 1 rings (SSSR count). The Hall–Kier alpha value is -0.960. The van der Waals surface area contributed by atoms with Crippen molar-refractivity contribution in [3.05, 3.63) is 35.4 Å². The predicted octanol–water partition coefficient (Wildman–Crippen LogP) is 2.55. The third-order valence-electron chi connectivity index (χ3n) is 2.13. The average molecular weight is 284 g/mol. The Kier molecular flexibility index (Phi) is 5.27. The lowest BCUT2D eigenvalue weighted by Gasteiger charge is -2.15. The first-order valence-corrected chi connectivity index (χ1v) is 5.82. The van der Waals surface area contributed by atoms with Crippen molar-refractivity contribution in [3.63, 3.8) is 0 Å². The van der Waals surface area contributed by atoms with Crippen LogP contribution in [0.25, 0.3) is 0 Å². The van der Waals surface area contributed by atoms with E-state index in [9.17, 15) is 17.4 Å². The lowest BCUT2D eigenvalue weighted by atomic mass is 10.1. The molecule has 0 bridgehead atoms. The Labute approximate surface area is 104 Å². The fourth-order valence-electron chi connectivity index (χ4n) is 1.32. The van der Waals surface area contributed by atoms with Crippen molar-refractivity contribution in [2.75, 3.05) is 13.7 Å². The second-order valence-corrected chi connectivity index (χ2v) is 4.00. The highest BCUT2D eigenvalue weighted by molar-refractivity contribution is 7.74. The smallest absolute Gasteiger partial charge is 0.382 e. The average Bonchev–Trinajstić information content (AvgIpc) is 2.27. The van der Waals surface area contributed by atoms with E-state index in [2.05, 4.69) is 4.18 Å². The number of hydrogen-bond acceptors (Lipinski definition) is 3. The van der Waals surface area contributed by atoms with E-state index < -0.39 is 29.2 Å². The van der Waals surface area contributed by atoms with Gasteiger partial charge in [-0.25, -0.2) is 0 Å². The number of alkyl halides is 3. The summed E-state index contributed by atoms with van der Waals surface area (Å²) in [7, 11) is 1.35. The molecule has 0 aliphatic rings. The second kappa shape index (κ2) is 6.28. The van der Waals surface area contributed by atoms with Gasteiger partial charge in [0.2, 0.25) is 0 Å². The molecule has 1 unspecified atom stereocenters. The van der Waals surface area contributed by atoms with Crippen molar-refractivity contribution in [1.29, 1.82) is 0 Å². The summed E-state index contributed by atoms with van der Waals surface area (Å²) in [6.07, 6.45) is -5.32. The number of methoxy groups -OCH3 is 1. The lowest BCUT2D eigenvalue weighted by molar-refractivity contribution is -0.137. The van der Waals surface area contributed by atoms with Crippen LogP contribution in [0, 0.1) is 0 Å². The molecule has 4 nitrogen and oxygen atoms in total. The molecule has 0 aliphatic carbocycles. The molecule has 0 saturated carbocycles. The van der Waals surface area contributed by atoms with Gasteiger partial charge in [0.15, 0.2) is 0 Å². The predicted molar refractivity (Wildman–Crippen MR) is 57.9 cm³/mol. The fraction of sp³-hybridized carbons (Fsp3) is 0.400. The van der Waals surface area contributed by atoms with Crippen LogP contribution in [0.5, 0.6) is 0 Å². The van der Waals surface area contributed by atoms with Crippen LogP contribution in [0.1, 0.15) is 17.2 Å². The lowest BCUT2D eigenvalue weighted by Crippen LogP contribution is -2.13. The standard InChI is InChI=1S/C10H11F3O4S/c1-16-6-9(17-18(14)15)7-2-4-8(5-3-7)10(11,12)13/h2-5,9H,6H2,1H3,(H,14,15)/t9-/m1/s1. The molecule has 8 heteroatoms. The van der Waals surface area contributed by atoms with Crippen molar-refractivity contribution < 1.29 is 30.9 Å². The van der Waals surface area contributed by atoms with Crippen molar-refractivity contribution >= 4 is 11.4 Å². The minimum Gasteiger partial charge on any atom is -0.382 e. The van der Waals surface area contributed by atoms with E-state index in [0.717, 1.165) is 12.1 Å². The molecule has 0 saturated heterocycles. The number of rotatable bonds is 5. The van der Waals surface area contributed by atoms with Crippen molar-refractivity contribution in [2.45, 2.75) is 12.3 Å². The van der Waals surface area contributed by atoms with Crippen molar-refractivity contribution in [2.24, 2.45) is 0 Å². The molecule has 102 valence electrons. The molecule has 0 amide bonds. The van der Waals surface area contributed by atoms with E-state index >= 15 is 0 Å². The molecular formula is C10H11F3O4S. The zero-order chi connectivity index (χ0) is 13.8. The largest absolute Gasteiger partial charge is 0.416 e. The van der Waals surface area contributed by atoms with E-state index in [4.69, 9.17) is 9.29 Å². The Morgan fingerprint density at radius 3 is 2.28 bits per heavy atom. The highest BCUT2D eigenvalue weighted by Crippen LogP contribution is 2.30. The van der Waals surface area contributed by atoms with Crippen LogP contribution in [0.4, 0.5) is 13.2 Å². The number of hydrogen-bond donors (Lipinski definition) is 1. The van der Waals surface area contributed by atoms with Gasteiger partial charge < -0.3 is 4.74 Å². The van der Waals surface area contributed by atoms with Gasteiger partial charge in [-0.05, 0) is 17.7 Å². The summed E-state index contributed by atoms with van der Waals surface area (Å²) in [6, 6.07) is 4.11. The van der Waals surface area contributed by atoms with Gasteiger partial charge in [0.05, 0.1) is 12.2 Å². The summed E-state index contributed by atoms with van der Waals surface area (Å²) in [5.41, 5.74) is -0.472. The molecule has 18 heavy (non-hydrogen) atoms. The summed E-state index contributed by atoms with van der Waals surface area (Å²) in [4.78, 5) is 0. The fourth-order valence-corrected chi connectivity index (χ4v) is 1.68. The first-order chi connectivity index (χ1) is 8.34. The van der Waals surface area contributed by atoms with Gasteiger partial charge in [0, 0.05) is 7.11 Å². The van der Waals surface area contributed by atoms with Gasteiger partial charge in [0.25, 0.3) is 0 Å². The Morgan fingerprint density at radius 2 is 1.89 bits per heavy atom. The highest BCUT2D eigenvalue weighted by Gasteiger charge is 2.30. The van der Waals surface area contributed by atoms with Gasteiger partial charge >= 0.3 is 17.5 Å². The van der Waals surface area contributed by atoms with Gasteiger partial charge in [-0.3, -0.25) is 8.74 Å². The monoisotopic (exact) mass is 284 g/mol. The van der Waals surface area contributed by atoms with Crippen molar-refractivity contribution in [1.82, 2.24) is 0 Å². The van der Waals surface area contributed by atoms with Gasteiger partial charge in [-0.2, -0.15) is 17.4 Å². The summed E-state index contributed by atoms with van der Waals surface area (Å²) in [5.74, 6) is 0. The molecule has 0 fully saturated rings. The Balaban J connectivity index is 2.90. The number of benzene rings is 1. The second-order valence-electron chi connectivity index (χ2n) is 3.38. The number of halogens is 3. The minimum atomic E-state index is -4.42. The summed E-state index contributed by atoms with van der Waals surface area (Å²) in [5, 5.41) is 0. The molecule has 1 N–H and O–H groups in total. The minimum absolute atomic E-state index is 0.0440. The summed E-state index contributed by atoms with van der Waals surface area (Å²) < 4.78 is 65.5. The maximum absolute atomic E-state index is 12.3. The van der Waals surface area contributed by atoms with Crippen LogP contribution in [-0.2, 0) is 26.5 Å². The van der Waals surface area contributed by atoms with Crippen LogP contribution in [0.3, 0.4) is 0 Å². The molecule has 0 aromatic heterocycles. The molecule has 0 heterocycles. The van der Waals surface area contributed by atoms with Crippen LogP contribution >= 0.6 is 0 Å². The Bertz CT molecular complexity index is 405. The quantitative estimate of drug-likeness (QED) is 0.844. The van der Waals surface area contributed by atoms with E-state index in [1.807, 2.05) is 0 Å². The zero-order valence-electron chi connectivity index (χ0n) is 9.31. The van der Waals surface area contributed by atoms with Crippen LogP contribution in [-0.4, -0.2) is 22.5 Å². The molecule has 1 aromatic carbocycles. The van der Waals surface area contributed by atoms with Crippen LogP contribution < -0.4 is 0 Å². The normalized spacial score (nSPS) is 15.4. The van der Waals surface area contributed by atoms with E-state index in [0.29, 0.717) is 5.56 Å². The SMILES string of the molecule is COC[C@@H](OS(=O)O)c1ccc(C(F)(F)F)cc1. The first kappa shape index (κ1) is 15.1. The third kappa shape index (κ3) is 4.37. The van der Waals surface area contributed by atoms with E-state index in [-0.39, 0.29) is 6.61 Å². The topological polar surface area (TPSA) is 55.8 Å². The number of ether oxygens (including phenoxy) is 1. The van der Waals surface area contributed by atoms with Crippen LogP contribution in [0.15, 0.2) is 24.3 Å². The molecule has 0 radical (unpaired) electrons. The Morgan fingerprint density at radius 1 is 1.33 bits per heavy atom. The van der Waals surface area contributed by atoms with Gasteiger partial charge in [-0.1, -0.05) is 12.1 Å². The van der Waals surface area contributed by atoms with E-state index in [1.165, 1.54) is 19.2 Å². The maximum atomic E-state index is 12.3. The first-order valence-electron chi connectivity index (χ1n) is 4.78. The summed E-state index contributed by atoms with van der Waals surface area (Å²) in [6.45, 7) is -0.0440. The maximum Gasteiger partial charge on any atom is 0.416 e. The van der Waals surface area contributed by atoms with E-state index in [1.54, 1.807) is 0 Å². The third-order valence-corrected chi connectivity index (χ3v) is 2.52. The highest BCUT2D eigenvalue weighted by atomic mass is 32.2.